The van der Waals surface area contributed by atoms with E-state index in [0.29, 0.717) is 11.0 Å². The van der Waals surface area contributed by atoms with Crippen LogP contribution in [0.3, 0.4) is 0 Å². The molecule has 0 aliphatic carbocycles. The normalized spacial score (nSPS) is 21.4. The maximum Gasteiger partial charge on any atom is 0.309 e. The molecule has 0 spiro atoms. The van der Waals surface area contributed by atoms with E-state index in [0.717, 1.165) is 30.9 Å². The van der Waals surface area contributed by atoms with Crippen molar-refractivity contribution in [2.45, 2.75) is 19.4 Å². The van der Waals surface area contributed by atoms with Crippen LogP contribution in [0.1, 0.15) is 17.8 Å². The number of rotatable bonds is 3. The van der Waals surface area contributed by atoms with E-state index in [4.69, 9.17) is 16.3 Å². The number of likely N-dealkylation sites (tertiary alicyclic amines) is 1. The highest BCUT2D eigenvalue weighted by Crippen LogP contribution is 2.22. The van der Waals surface area contributed by atoms with Crippen molar-refractivity contribution < 1.29 is 9.53 Å². The van der Waals surface area contributed by atoms with Crippen LogP contribution in [0.15, 0.2) is 0 Å². The second-order valence-electron chi connectivity index (χ2n) is 4.05. The van der Waals surface area contributed by atoms with Gasteiger partial charge in [0.15, 0.2) is 0 Å². The molecule has 0 radical (unpaired) electrons. The van der Waals surface area contributed by atoms with Crippen molar-refractivity contribution >= 4 is 28.9 Å². The smallest absolute Gasteiger partial charge is 0.309 e. The molecule has 1 unspecified atom stereocenters. The van der Waals surface area contributed by atoms with Gasteiger partial charge in [-0.25, -0.2) is 0 Å². The molecule has 94 valence electrons. The first-order chi connectivity index (χ1) is 8.19. The van der Waals surface area contributed by atoms with E-state index in [-0.39, 0.29) is 11.9 Å². The lowest BCUT2D eigenvalue weighted by molar-refractivity contribution is -0.147. The van der Waals surface area contributed by atoms with E-state index in [1.54, 1.807) is 0 Å². The predicted octanol–water partition coefficient (Wildman–Crippen LogP) is 1.58. The minimum Gasteiger partial charge on any atom is -0.469 e. The molecule has 1 aromatic rings. The molecule has 0 N–H and O–H groups in total. The Morgan fingerprint density at radius 1 is 1.65 bits per heavy atom. The Hall–Kier alpha value is -0.720. The molecular formula is C10H14ClN3O2S. The van der Waals surface area contributed by atoms with Crippen molar-refractivity contribution in [3.8, 4) is 0 Å². The average Bonchev–Trinajstić information content (AvgIpc) is 2.74. The lowest BCUT2D eigenvalue weighted by Crippen LogP contribution is -2.38. The Balaban J connectivity index is 1.91. The van der Waals surface area contributed by atoms with Crippen LogP contribution in [-0.2, 0) is 16.1 Å². The molecule has 1 aliphatic heterocycles. The van der Waals surface area contributed by atoms with Gasteiger partial charge in [-0.05, 0) is 31.0 Å². The van der Waals surface area contributed by atoms with E-state index in [1.807, 2.05) is 0 Å². The fourth-order valence-electron chi connectivity index (χ4n) is 2.05. The molecule has 1 fully saturated rings. The van der Waals surface area contributed by atoms with Crippen molar-refractivity contribution in [2.24, 2.45) is 5.92 Å². The third-order valence-electron chi connectivity index (χ3n) is 2.84. The van der Waals surface area contributed by atoms with Gasteiger partial charge >= 0.3 is 5.97 Å². The fourth-order valence-corrected chi connectivity index (χ4v) is 2.96. The van der Waals surface area contributed by atoms with E-state index < -0.39 is 0 Å². The minimum absolute atomic E-state index is 0.0165. The number of esters is 1. The number of hydrogen-bond donors (Lipinski definition) is 0. The standard InChI is InChI=1S/C10H14ClN3O2S/c1-16-9(15)7-3-2-4-14(5-7)6-8-12-13-10(11)17-8/h7H,2-6H2,1H3. The summed E-state index contributed by atoms with van der Waals surface area (Å²) in [4.78, 5) is 13.7. The summed E-state index contributed by atoms with van der Waals surface area (Å²) in [5.41, 5.74) is 0. The first-order valence-corrected chi connectivity index (χ1v) is 6.66. The van der Waals surface area contributed by atoms with E-state index in [2.05, 4.69) is 15.1 Å². The monoisotopic (exact) mass is 275 g/mol. The van der Waals surface area contributed by atoms with Crippen molar-refractivity contribution in [3.05, 3.63) is 9.47 Å². The Kier molecular flexibility index (Phi) is 4.31. The van der Waals surface area contributed by atoms with E-state index >= 15 is 0 Å². The van der Waals surface area contributed by atoms with Gasteiger partial charge in [-0.2, -0.15) is 0 Å². The van der Waals surface area contributed by atoms with Crippen molar-refractivity contribution in [1.29, 1.82) is 0 Å². The lowest BCUT2D eigenvalue weighted by atomic mass is 9.98. The Bertz CT molecular complexity index is 399. The molecule has 1 saturated heterocycles. The van der Waals surface area contributed by atoms with Crippen LogP contribution >= 0.6 is 22.9 Å². The number of carbonyl (C=O) groups is 1. The van der Waals surface area contributed by atoms with Gasteiger partial charge in [-0.3, -0.25) is 9.69 Å². The molecule has 2 heterocycles. The highest BCUT2D eigenvalue weighted by molar-refractivity contribution is 7.15. The maximum absolute atomic E-state index is 11.5. The van der Waals surface area contributed by atoms with Crippen LogP contribution in [0.4, 0.5) is 0 Å². The summed E-state index contributed by atoms with van der Waals surface area (Å²) in [6.45, 7) is 2.41. The number of aromatic nitrogens is 2. The highest BCUT2D eigenvalue weighted by Gasteiger charge is 2.26. The van der Waals surface area contributed by atoms with Crippen LogP contribution in [0.2, 0.25) is 4.47 Å². The third-order valence-corrected chi connectivity index (χ3v) is 3.84. The summed E-state index contributed by atoms with van der Waals surface area (Å²) >= 11 is 7.11. The molecule has 0 bridgehead atoms. The van der Waals surface area contributed by atoms with Crippen LogP contribution < -0.4 is 0 Å². The number of methoxy groups -OCH3 is 1. The molecule has 1 aliphatic rings. The number of nitrogens with zero attached hydrogens (tertiary/aromatic N) is 3. The SMILES string of the molecule is COC(=O)C1CCCN(Cc2nnc(Cl)s2)C1. The molecule has 0 aromatic carbocycles. The lowest BCUT2D eigenvalue weighted by Gasteiger charge is -2.30. The fraction of sp³-hybridized carbons (Fsp3) is 0.700. The van der Waals surface area contributed by atoms with Crippen LogP contribution in [0, 0.1) is 5.92 Å². The van der Waals surface area contributed by atoms with Gasteiger partial charge in [0.2, 0.25) is 4.47 Å². The summed E-state index contributed by atoms with van der Waals surface area (Å²) < 4.78 is 5.24. The zero-order valence-corrected chi connectivity index (χ0v) is 11.1. The molecule has 0 saturated carbocycles. The van der Waals surface area contributed by atoms with Crippen LogP contribution in [0.5, 0.6) is 0 Å². The first-order valence-electron chi connectivity index (χ1n) is 5.47. The molecule has 5 nitrogen and oxygen atoms in total. The minimum atomic E-state index is -0.120. The van der Waals surface area contributed by atoms with Crippen molar-refractivity contribution in [3.63, 3.8) is 0 Å². The van der Waals surface area contributed by atoms with Crippen molar-refractivity contribution in [2.75, 3.05) is 20.2 Å². The summed E-state index contributed by atoms with van der Waals surface area (Å²) in [5, 5.41) is 8.64. The molecule has 2 rings (SSSR count). The largest absolute Gasteiger partial charge is 0.469 e. The zero-order chi connectivity index (χ0) is 12.3. The van der Waals surface area contributed by atoms with Gasteiger partial charge in [-0.1, -0.05) is 11.3 Å². The first kappa shape index (κ1) is 12.7. The van der Waals surface area contributed by atoms with Gasteiger partial charge in [0.05, 0.1) is 19.6 Å². The van der Waals surface area contributed by atoms with Crippen LogP contribution in [0.25, 0.3) is 0 Å². The van der Waals surface area contributed by atoms with Crippen LogP contribution in [-0.4, -0.2) is 41.3 Å². The number of hydrogen-bond acceptors (Lipinski definition) is 6. The third kappa shape index (κ3) is 3.37. The highest BCUT2D eigenvalue weighted by atomic mass is 35.5. The molecule has 7 heteroatoms. The zero-order valence-electron chi connectivity index (χ0n) is 9.56. The Morgan fingerprint density at radius 3 is 3.12 bits per heavy atom. The molecule has 1 atom stereocenters. The summed E-state index contributed by atoms with van der Waals surface area (Å²) in [7, 11) is 1.44. The summed E-state index contributed by atoms with van der Waals surface area (Å²) in [6, 6.07) is 0. The van der Waals surface area contributed by atoms with Gasteiger partial charge < -0.3 is 4.74 Å². The number of piperidine rings is 1. The second kappa shape index (κ2) is 5.75. The molecule has 1 aromatic heterocycles. The van der Waals surface area contributed by atoms with Gasteiger partial charge in [0.1, 0.15) is 5.01 Å². The van der Waals surface area contributed by atoms with E-state index in [1.165, 1.54) is 18.4 Å². The Morgan fingerprint density at radius 2 is 2.47 bits per heavy atom. The Labute approximate surface area is 109 Å². The summed E-state index contributed by atoms with van der Waals surface area (Å²) in [6.07, 6.45) is 1.91. The van der Waals surface area contributed by atoms with Gasteiger partial charge in [0.25, 0.3) is 0 Å². The average molecular weight is 276 g/mol. The quantitative estimate of drug-likeness (QED) is 0.784. The topological polar surface area (TPSA) is 55.3 Å². The number of halogens is 1. The molecular weight excluding hydrogens is 262 g/mol. The van der Waals surface area contributed by atoms with E-state index in [9.17, 15) is 4.79 Å². The molecule has 0 amide bonds. The number of ether oxygens (including phenoxy) is 1. The summed E-state index contributed by atoms with van der Waals surface area (Å²) in [5.74, 6) is -0.137. The van der Waals surface area contributed by atoms with Gasteiger partial charge in [-0.15, -0.1) is 10.2 Å². The predicted molar refractivity (Wildman–Crippen MR) is 64.9 cm³/mol. The maximum atomic E-state index is 11.5. The molecule has 17 heavy (non-hydrogen) atoms. The van der Waals surface area contributed by atoms with Gasteiger partial charge in [0, 0.05) is 6.54 Å². The van der Waals surface area contributed by atoms with Crippen molar-refractivity contribution in [1.82, 2.24) is 15.1 Å². The second-order valence-corrected chi connectivity index (χ2v) is 5.69. The number of carbonyl (C=O) groups excluding carboxylic acids is 1.